The average molecular weight is 500 g/mol. The molecule has 188 valence electrons. The number of piperidine rings is 1. The highest BCUT2D eigenvalue weighted by molar-refractivity contribution is 7.98. The number of thioether (sulfide) groups is 1. The van der Waals surface area contributed by atoms with Gasteiger partial charge in [-0.1, -0.05) is 61.9 Å². The van der Waals surface area contributed by atoms with E-state index < -0.39 is 0 Å². The Morgan fingerprint density at radius 1 is 0.972 bits per heavy atom. The zero-order valence-electron chi connectivity index (χ0n) is 21.9. The van der Waals surface area contributed by atoms with Crippen LogP contribution in [0.5, 0.6) is 5.75 Å². The van der Waals surface area contributed by atoms with Crippen LogP contribution in [-0.4, -0.2) is 29.0 Å². The fraction of sp³-hybridized carbons (Fsp3) is 0.406. The molecule has 3 aromatic carbocycles. The van der Waals surface area contributed by atoms with Gasteiger partial charge in [-0.05, 0) is 73.6 Å². The number of hydrogen-bond acceptors (Lipinski definition) is 3. The number of ether oxygens (including phenoxy) is 1. The van der Waals surface area contributed by atoms with E-state index in [2.05, 4.69) is 87.2 Å². The van der Waals surface area contributed by atoms with Gasteiger partial charge >= 0.3 is 0 Å². The van der Waals surface area contributed by atoms with Crippen LogP contribution in [-0.2, 0) is 5.75 Å². The summed E-state index contributed by atoms with van der Waals surface area (Å²) in [5, 5.41) is 0. The van der Waals surface area contributed by atoms with Crippen molar-refractivity contribution in [2.24, 2.45) is 0 Å². The van der Waals surface area contributed by atoms with Crippen molar-refractivity contribution in [2.75, 3.05) is 0 Å². The second-order valence-electron chi connectivity index (χ2n) is 10.8. The van der Waals surface area contributed by atoms with Crippen LogP contribution >= 0.6 is 11.8 Å². The number of para-hydroxylation sites is 1. The summed E-state index contributed by atoms with van der Waals surface area (Å²) in [5.41, 5.74) is 5.93. The van der Waals surface area contributed by atoms with Crippen LogP contribution in [0.15, 0.2) is 71.6 Å². The van der Waals surface area contributed by atoms with E-state index in [1.54, 1.807) is 0 Å². The molecule has 0 N–H and O–H groups in total. The van der Waals surface area contributed by atoms with E-state index >= 15 is 0 Å². The van der Waals surface area contributed by atoms with Crippen LogP contribution in [0.1, 0.15) is 78.1 Å². The van der Waals surface area contributed by atoms with E-state index in [4.69, 9.17) is 4.74 Å². The van der Waals surface area contributed by atoms with Gasteiger partial charge in [-0.15, -0.1) is 11.8 Å². The minimum atomic E-state index is 0.177. The molecule has 1 amide bonds. The lowest BCUT2D eigenvalue weighted by Gasteiger charge is -2.39. The second kappa shape index (κ2) is 10.7. The first kappa shape index (κ1) is 25.0. The van der Waals surface area contributed by atoms with E-state index in [-0.39, 0.29) is 24.1 Å². The topological polar surface area (TPSA) is 29.5 Å². The summed E-state index contributed by atoms with van der Waals surface area (Å²) in [7, 11) is 0. The molecule has 2 saturated heterocycles. The zero-order valence-corrected chi connectivity index (χ0v) is 22.7. The highest BCUT2D eigenvalue weighted by Crippen LogP contribution is 2.39. The predicted molar refractivity (Wildman–Crippen MR) is 149 cm³/mol. The third kappa shape index (κ3) is 5.34. The molecule has 2 atom stereocenters. The summed E-state index contributed by atoms with van der Waals surface area (Å²) in [6.45, 7) is 8.72. The molecule has 2 fully saturated rings. The normalized spacial score (nSPS) is 21.1. The van der Waals surface area contributed by atoms with E-state index in [1.165, 1.54) is 27.1 Å². The molecular weight excluding hydrogens is 462 g/mol. The van der Waals surface area contributed by atoms with Gasteiger partial charge in [-0.3, -0.25) is 4.79 Å². The summed E-state index contributed by atoms with van der Waals surface area (Å²) in [5.74, 6) is 2.52. The Morgan fingerprint density at radius 3 is 2.33 bits per heavy atom. The highest BCUT2D eigenvalue weighted by Gasteiger charge is 2.44. The van der Waals surface area contributed by atoms with Crippen LogP contribution in [0.25, 0.3) is 0 Å². The first-order valence-corrected chi connectivity index (χ1v) is 14.2. The molecule has 0 radical (unpaired) electrons. The van der Waals surface area contributed by atoms with Gasteiger partial charge in [-0.2, -0.15) is 0 Å². The summed E-state index contributed by atoms with van der Waals surface area (Å²) < 4.78 is 6.52. The number of amides is 1. The molecule has 2 bridgehead atoms. The van der Waals surface area contributed by atoms with E-state index in [0.717, 1.165) is 42.7 Å². The fourth-order valence-electron chi connectivity index (χ4n) is 5.81. The van der Waals surface area contributed by atoms with Crippen LogP contribution in [0.3, 0.4) is 0 Å². The van der Waals surface area contributed by atoms with Gasteiger partial charge < -0.3 is 9.64 Å². The number of aryl methyl sites for hydroxylation is 2. The number of fused-ring (bicyclic) bond motifs is 2. The molecule has 2 aliphatic heterocycles. The Balaban J connectivity index is 1.21. The Bertz CT molecular complexity index is 1210. The minimum absolute atomic E-state index is 0.177. The quantitative estimate of drug-likeness (QED) is 0.309. The van der Waals surface area contributed by atoms with Gasteiger partial charge in [0.15, 0.2) is 0 Å². The third-order valence-corrected chi connectivity index (χ3v) is 8.93. The Morgan fingerprint density at radius 2 is 1.67 bits per heavy atom. The van der Waals surface area contributed by atoms with Crippen LogP contribution in [0.2, 0.25) is 0 Å². The Hall–Kier alpha value is -2.72. The third-order valence-electron chi connectivity index (χ3n) is 7.68. The molecule has 3 aromatic rings. The van der Waals surface area contributed by atoms with Gasteiger partial charge in [0.05, 0.1) is 0 Å². The lowest BCUT2D eigenvalue weighted by atomic mass is 9.97. The van der Waals surface area contributed by atoms with Crippen LogP contribution in [0.4, 0.5) is 0 Å². The zero-order chi connectivity index (χ0) is 25.2. The maximum Gasteiger partial charge on any atom is 0.254 e. The van der Waals surface area contributed by atoms with Crippen molar-refractivity contribution < 1.29 is 9.53 Å². The van der Waals surface area contributed by atoms with Gasteiger partial charge in [-0.25, -0.2) is 0 Å². The number of rotatable bonds is 7. The molecule has 0 spiro atoms. The number of hydrogen-bond donors (Lipinski definition) is 0. The van der Waals surface area contributed by atoms with E-state index in [1.807, 2.05) is 23.9 Å². The predicted octanol–water partition coefficient (Wildman–Crippen LogP) is 7.93. The molecule has 5 rings (SSSR count). The SMILES string of the molecule is Cc1ccc(SCc2ccc(C(=O)N3C4CCC3CC(Oc3ccccc3C(C)C)C4)cc2)c(C)c1. The molecule has 2 aliphatic rings. The maximum absolute atomic E-state index is 13.5. The van der Waals surface area contributed by atoms with Gasteiger partial charge in [0.2, 0.25) is 0 Å². The lowest BCUT2D eigenvalue weighted by molar-refractivity contribution is 0.0356. The number of benzene rings is 3. The Kier molecular flexibility index (Phi) is 7.43. The first-order chi connectivity index (χ1) is 17.4. The van der Waals surface area contributed by atoms with Crippen molar-refractivity contribution in [3.63, 3.8) is 0 Å². The molecule has 0 saturated carbocycles. The summed E-state index contributed by atoms with van der Waals surface area (Å²) in [6, 6.07) is 23.8. The standard InChI is InChI=1S/C32H37NO2S/c1-21(2)29-7-5-6-8-30(29)35-28-18-26-14-15-27(19-28)33(26)32(34)25-12-10-24(11-13-25)20-36-31-16-9-22(3)17-23(31)4/h5-13,16-17,21,26-28H,14-15,18-20H2,1-4H3. The average Bonchev–Trinajstić information content (AvgIpc) is 3.13. The highest BCUT2D eigenvalue weighted by atomic mass is 32.2. The molecular formula is C32H37NO2S. The van der Waals surface area contributed by atoms with Crippen LogP contribution in [0, 0.1) is 13.8 Å². The Labute approximate surface area is 220 Å². The van der Waals surface area contributed by atoms with Crippen molar-refractivity contribution in [2.45, 2.75) is 88.1 Å². The monoisotopic (exact) mass is 499 g/mol. The summed E-state index contributed by atoms with van der Waals surface area (Å²) in [6.07, 6.45) is 4.16. The molecule has 0 aromatic heterocycles. The maximum atomic E-state index is 13.5. The minimum Gasteiger partial charge on any atom is -0.490 e. The van der Waals surface area contributed by atoms with Crippen molar-refractivity contribution in [3.05, 3.63) is 94.5 Å². The molecule has 2 unspecified atom stereocenters. The summed E-state index contributed by atoms with van der Waals surface area (Å²) >= 11 is 1.86. The number of nitrogens with zero attached hydrogens (tertiary/aromatic N) is 1. The molecule has 36 heavy (non-hydrogen) atoms. The smallest absolute Gasteiger partial charge is 0.254 e. The van der Waals surface area contributed by atoms with Crippen LogP contribution < -0.4 is 4.74 Å². The second-order valence-corrected chi connectivity index (χ2v) is 11.8. The van der Waals surface area contributed by atoms with Gasteiger partial charge in [0.25, 0.3) is 5.91 Å². The van der Waals surface area contributed by atoms with Crippen molar-refractivity contribution in [3.8, 4) is 5.75 Å². The van der Waals surface area contributed by atoms with Crippen molar-refractivity contribution in [1.29, 1.82) is 0 Å². The van der Waals surface area contributed by atoms with E-state index in [0.29, 0.717) is 5.92 Å². The van der Waals surface area contributed by atoms with Crippen molar-refractivity contribution in [1.82, 2.24) is 4.90 Å². The first-order valence-electron chi connectivity index (χ1n) is 13.3. The lowest BCUT2D eigenvalue weighted by Crippen LogP contribution is -2.49. The largest absolute Gasteiger partial charge is 0.490 e. The molecule has 0 aliphatic carbocycles. The molecule has 2 heterocycles. The van der Waals surface area contributed by atoms with Crippen molar-refractivity contribution >= 4 is 17.7 Å². The fourth-order valence-corrected chi connectivity index (χ4v) is 6.78. The van der Waals surface area contributed by atoms with Gasteiger partial charge in [0, 0.05) is 41.1 Å². The summed E-state index contributed by atoms with van der Waals surface area (Å²) in [4.78, 5) is 17.0. The number of carbonyl (C=O) groups is 1. The number of carbonyl (C=O) groups excluding carboxylic acids is 1. The molecule has 4 heteroatoms. The molecule has 3 nitrogen and oxygen atoms in total. The van der Waals surface area contributed by atoms with E-state index in [9.17, 15) is 4.79 Å². The van der Waals surface area contributed by atoms with Gasteiger partial charge in [0.1, 0.15) is 11.9 Å².